The molecule has 0 radical (unpaired) electrons. The van der Waals surface area contributed by atoms with Gasteiger partial charge in [0.05, 0.1) is 25.9 Å². The van der Waals surface area contributed by atoms with Gasteiger partial charge in [0, 0.05) is 13.2 Å². The van der Waals surface area contributed by atoms with Gasteiger partial charge in [0.1, 0.15) is 5.60 Å². The highest BCUT2D eigenvalue weighted by Gasteiger charge is 2.31. The molecular weight excluding hydrogens is 282 g/mol. The highest BCUT2D eigenvalue weighted by molar-refractivity contribution is 5.68. The Morgan fingerprint density at radius 3 is 2.59 bits per heavy atom. The van der Waals surface area contributed by atoms with Crippen molar-refractivity contribution in [3.63, 3.8) is 0 Å². The summed E-state index contributed by atoms with van der Waals surface area (Å²) in [7, 11) is 0. The van der Waals surface area contributed by atoms with Crippen LogP contribution in [0.5, 0.6) is 0 Å². The second kappa shape index (κ2) is 8.16. The van der Waals surface area contributed by atoms with Crippen LogP contribution in [0, 0.1) is 5.92 Å². The summed E-state index contributed by atoms with van der Waals surface area (Å²) >= 11 is 0. The van der Waals surface area contributed by atoms with E-state index in [4.69, 9.17) is 14.2 Å². The van der Waals surface area contributed by atoms with Crippen LogP contribution < -0.4 is 0 Å². The number of hydrogen-bond donors (Lipinski definition) is 0. The van der Waals surface area contributed by atoms with E-state index in [1.54, 1.807) is 4.90 Å². The van der Waals surface area contributed by atoms with E-state index >= 15 is 0 Å². The molecule has 128 valence electrons. The maximum atomic E-state index is 12.3. The van der Waals surface area contributed by atoms with Gasteiger partial charge in [-0.3, -0.25) is 4.90 Å². The molecule has 1 atom stereocenters. The van der Waals surface area contributed by atoms with Crippen LogP contribution in [-0.4, -0.2) is 55.6 Å². The van der Waals surface area contributed by atoms with Gasteiger partial charge in [-0.25, -0.2) is 4.79 Å². The Bertz CT molecular complexity index is 347. The summed E-state index contributed by atoms with van der Waals surface area (Å²) in [4.78, 5) is 14.0. The molecule has 2 rings (SSSR count). The van der Waals surface area contributed by atoms with Gasteiger partial charge in [-0.1, -0.05) is 19.3 Å². The van der Waals surface area contributed by atoms with E-state index in [1.807, 2.05) is 20.8 Å². The topological polar surface area (TPSA) is 48.0 Å². The molecular formula is C17H31NO4. The average Bonchev–Trinajstić information content (AvgIpc) is 2.47. The maximum absolute atomic E-state index is 12.3. The molecule has 0 aromatic heterocycles. The van der Waals surface area contributed by atoms with Crippen LogP contribution in [0.4, 0.5) is 4.79 Å². The van der Waals surface area contributed by atoms with Crippen LogP contribution in [0.25, 0.3) is 0 Å². The normalized spacial score (nSPS) is 24.3. The number of amides is 1. The molecule has 1 amide bonds. The Hall–Kier alpha value is -0.810. The number of hydrogen-bond acceptors (Lipinski definition) is 4. The Kier molecular flexibility index (Phi) is 6.50. The molecule has 0 aromatic carbocycles. The van der Waals surface area contributed by atoms with E-state index in [2.05, 4.69) is 0 Å². The van der Waals surface area contributed by atoms with Gasteiger partial charge in [0.2, 0.25) is 0 Å². The molecule has 2 aliphatic rings. The van der Waals surface area contributed by atoms with E-state index in [1.165, 1.54) is 32.1 Å². The maximum Gasteiger partial charge on any atom is 0.410 e. The second-order valence-electron chi connectivity index (χ2n) is 7.44. The van der Waals surface area contributed by atoms with Crippen molar-refractivity contribution in [2.45, 2.75) is 64.5 Å². The molecule has 0 aromatic rings. The molecule has 5 nitrogen and oxygen atoms in total. The van der Waals surface area contributed by atoms with Crippen LogP contribution in [-0.2, 0) is 14.2 Å². The number of carbonyl (C=O) groups is 1. The summed E-state index contributed by atoms with van der Waals surface area (Å²) in [5.41, 5.74) is -0.469. The zero-order chi connectivity index (χ0) is 16.0. The van der Waals surface area contributed by atoms with Crippen LogP contribution in [0.1, 0.15) is 52.9 Å². The van der Waals surface area contributed by atoms with Crippen molar-refractivity contribution in [3.05, 3.63) is 0 Å². The van der Waals surface area contributed by atoms with Crippen LogP contribution >= 0.6 is 0 Å². The highest BCUT2D eigenvalue weighted by Crippen LogP contribution is 2.24. The van der Waals surface area contributed by atoms with E-state index in [0.717, 1.165) is 6.61 Å². The Balaban J connectivity index is 1.77. The number of nitrogens with zero attached hydrogens (tertiary/aromatic N) is 1. The van der Waals surface area contributed by atoms with Gasteiger partial charge in [-0.05, 0) is 39.5 Å². The first-order valence-corrected chi connectivity index (χ1v) is 8.61. The van der Waals surface area contributed by atoms with Gasteiger partial charge in [0.15, 0.2) is 0 Å². The Morgan fingerprint density at radius 2 is 1.91 bits per heavy atom. The molecule has 0 spiro atoms. The third-order valence-electron chi connectivity index (χ3n) is 4.24. The molecule has 1 heterocycles. The van der Waals surface area contributed by atoms with Crippen molar-refractivity contribution in [2.75, 3.05) is 33.0 Å². The minimum absolute atomic E-state index is 0.0350. The number of rotatable bonds is 4. The first-order chi connectivity index (χ1) is 10.5. The van der Waals surface area contributed by atoms with E-state index in [9.17, 15) is 4.79 Å². The Morgan fingerprint density at radius 1 is 1.18 bits per heavy atom. The second-order valence-corrected chi connectivity index (χ2v) is 7.44. The van der Waals surface area contributed by atoms with Gasteiger partial charge < -0.3 is 14.2 Å². The minimum Gasteiger partial charge on any atom is -0.444 e. The molecule has 1 unspecified atom stereocenters. The van der Waals surface area contributed by atoms with E-state index in [-0.39, 0.29) is 12.1 Å². The smallest absolute Gasteiger partial charge is 0.410 e. The van der Waals surface area contributed by atoms with Crippen molar-refractivity contribution < 1.29 is 19.0 Å². The van der Waals surface area contributed by atoms with Gasteiger partial charge in [-0.2, -0.15) is 0 Å². The SMILES string of the molecule is CC(C)(C)OC(=O)N1CCOCC1COCC1CCCCC1. The highest BCUT2D eigenvalue weighted by atomic mass is 16.6. The first kappa shape index (κ1) is 17.5. The van der Waals surface area contributed by atoms with Crippen LogP contribution in [0.15, 0.2) is 0 Å². The summed E-state index contributed by atoms with van der Waals surface area (Å²) in [6.45, 7) is 8.68. The summed E-state index contributed by atoms with van der Waals surface area (Å²) < 4.78 is 16.9. The largest absolute Gasteiger partial charge is 0.444 e. The molecule has 1 aliphatic heterocycles. The monoisotopic (exact) mass is 313 g/mol. The lowest BCUT2D eigenvalue weighted by Crippen LogP contribution is -2.52. The summed E-state index contributed by atoms with van der Waals surface area (Å²) in [5.74, 6) is 0.688. The molecule has 22 heavy (non-hydrogen) atoms. The minimum atomic E-state index is -0.469. The van der Waals surface area contributed by atoms with Crippen molar-refractivity contribution >= 4 is 6.09 Å². The van der Waals surface area contributed by atoms with Crippen molar-refractivity contribution in [3.8, 4) is 0 Å². The third-order valence-corrected chi connectivity index (χ3v) is 4.24. The Labute approximate surface area is 134 Å². The standard InChI is InChI=1S/C17H31NO4/c1-17(2,3)22-16(19)18-9-10-20-12-15(18)13-21-11-14-7-5-4-6-8-14/h14-15H,4-13H2,1-3H3. The van der Waals surface area contributed by atoms with Crippen molar-refractivity contribution in [1.82, 2.24) is 4.90 Å². The lowest BCUT2D eigenvalue weighted by atomic mass is 9.90. The predicted octanol–water partition coefficient (Wildman–Crippen LogP) is 3.22. The molecule has 5 heteroatoms. The lowest BCUT2D eigenvalue weighted by molar-refractivity contribution is -0.0583. The van der Waals surface area contributed by atoms with Gasteiger partial charge in [0.25, 0.3) is 0 Å². The number of carbonyl (C=O) groups excluding carboxylic acids is 1. The molecule has 0 N–H and O–H groups in total. The predicted molar refractivity (Wildman–Crippen MR) is 84.9 cm³/mol. The summed E-state index contributed by atoms with van der Waals surface area (Å²) in [6, 6.07) is -0.0350. The quantitative estimate of drug-likeness (QED) is 0.799. The average molecular weight is 313 g/mol. The summed E-state index contributed by atoms with van der Waals surface area (Å²) in [6.07, 6.45) is 6.30. The van der Waals surface area contributed by atoms with Crippen LogP contribution in [0.3, 0.4) is 0 Å². The van der Waals surface area contributed by atoms with E-state index in [0.29, 0.717) is 32.3 Å². The molecule has 1 saturated carbocycles. The molecule has 1 aliphatic carbocycles. The zero-order valence-corrected chi connectivity index (χ0v) is 14.3. The van der Waals surface area contributed by atoms with Crippen molar-refractivity contribution in [2.24, 2.45) is 5.92 Å². The zero-order valence-electron chi connectivity index (χ0n) is 14.3. The third kappa shape index (κ3) is 5.76. The lowest BCUT2D eigenvalue weighted by Gasteiger charge is -2.36. The number of morpholine rings is 1. The summed E-state index contributed by atoms with van der Waals surface area (Å²) in [5, 5.41) is 0. The van der Waals surface area contributed by atoms with Gasteiger partial charge in [-0.15, -0.1) is 0 Å². The fourth-order valence-corrected chi connectivity index (χ4v) is 3.08. The van der Waals surface area contributed by atoms with Crippen LogP contribution in [0.2, 0.25) is 0 Å². The van der Waals surface area contributed by atoms with Crippen molar-refractivity contribution in [1.29, 1.82) is 0 Å². The molecule has 0 bridgehead atoms. The fraction of sp³-hybridized carbons (Fsp3) is 0.941. The first-order valence-electron chi connectivity index (χ1n) is 8.61. The molecule has 1 saturated heterocycles. The van der Waals surface area contributed by atoms with E-state index < -0.39 is 5.60 Å². The molecule has 2 fully saturated rings. The van der Waals surface area contributed by atoms with Gasteiger partial charge >= 0.3 is 6.09 Å². The fourth-order valence-electron chi connectivity index (χ4n) is 3.08. The number of ether oxygens (including phenoxy) is 3.